The molecule has 5 nitrogen and oxygen atoms in total. The van der Waals surface area contributed by atoms with E-state index in [0.29, 0.717) is 28.8 Å². The number of hydrogen-bond acceptors (Lipinski definition) is 5. The third kappa shape index (κ3) is 5.68. The second kappa shape index (κ2) is 9.71. The number of carboxylic acid groups (broad SMARTS) is 1. The van der Waals surface area contributed by atoms with E-state index in [9.17, 15) is 9.59 Å². The van der Waals surface area contributed by atoms with Gasteiger partial charge in [0.2, 0.25) is 0 Å². The van der Waals surface area contributed by atoms with Crippen molar-refractivity contribution in [3.8, 4) is 5.75 Å². The Labute approximate surface area is 179 Å². The Morgan fingerprint density at radius 2 is 2.00 bits per heavy atom. The van der Waals surface area contributed by atoms with Gasteiger partial charge in [0.05, 0.1) is 4.91 Å². The molecule has 0 spiro atoms. The van der Waals surface area contributed by atoms with E-state index < -0.39 is 5.97 Å². The van der Waals surface area contributed by atoms with E-state index in [1.165, 1.54) is 16.7 Å². The fourth-order valence-corrected chi connectivity index (χ4v) is 4.16. The molecule has 0 atom stereocenters. The number of benzene rings is 2. The first-order valence-corrected chi connectivity index (χ1v) is 10.4. The van der Waals surface area contributed by atoms with E-state index in [-0.39, 0.29) is 12.3 Å². The highest BCUT2D eigenvalue weighted by Gasteiger charge is 2.31. The van der Waals surface area contributed by atoms with Gasteiger partial charge in [-0.1, -0.05) is 60.4 Å². The minimum Gasteiger partial charge on any atom is -0.489 e. The molecule has 1 amide bonds. The van der Waals surface area contributed by atoms with E-state index in [2.05, 4.69) is 0 Å². The summed E-state index contributed by atoms with van der Waals surface area (Å²) in [5.74, 6) is -0.282. The molecule has 0 bridgehead atoms. The van der Waals surface area contributed by atoms with Gasteiger partial charge in [-0.2, -0.15) is 0 Å². The average molecular weight is 428 g/mol. The van der Waals surface area contributed by atoms with E-state index >= 15 is 0 Å². The average Bonchev–Trinajstić information content (AvgIpc) is 2.96. The summed E-state index contributed by atoms with van der Waals surface area (Å²) in [5.41, 5.74) is 3.01. The van der Waals surface area contributed by atoms with Crippen LogP contribution in [0.15, 0.2) is 53.4 Å². The van der Waals surface area contributed by atoms with Crippen LogP contribution in [0.25, 0.3) is 6.08 Å². The number of amides is 1. The van der Waals surface area contributed by atoms with Crippen LogP contribution < -0.4 is 4.74 Å². The molecule has 0 aromatic heterocycles. The summed E-state index contributed by atoms with van der Waals surface area (Å²) >= 11 is 6.53. The zero-order chi connectivity index (χ0) is 20.8. The molecule has 7 heteroatoms. The highest BCUT2D eigenvalue weighted by atomic mass is 32.2. The van der Waals surface area contributed by atoms with Crippen molar-refractivity contribution in [2.24, 2.45) is 0 Å². The SMILES string of the molecule is Cc1cc(OCc2ccccc2)ccc1/C=C1\SC(=S)N(CCCC(=O)O)C1=O. The molecule has 0 unspecified atom stereocenters. The number of hydrogen-bond donors (Lipinski definition) is 1. The fourth-order valence-electron chi connectivity index (χ4n) is 2.86. The van der Waals surface area contributed by atoms with Crippen LogP contribution in [0, 0.1) is 6.92 Å². The molecule has 0 radical (unpaired) electrons. The first-order chi connectivity index (χ1) is 13.9. The highest BCUT2D eigenvalue weighted by Crippen LogP contribution is 2.33. The van der Waals surface area contributed by atoms with Gasteiger partial charge in [0.1, 0.15) is 16.7 Å². The van der Waals surface area contributed by atoms with Gasteiger partial charge in [0.25, 0.3) is 5.91 Å². The van der Waals surface area contributed by atoms with Gasteiger partial charge < -0.3 is 9.84 Å². The highest BCUT2D eigenvalue weighted by molar-refractivity contribution is 8.26. The van der Waals surface area contributed by atoms with Gasteiger partial charge in [-0.15, -0.1) is 0 Å². The number of thiocarbonyl (C=S) groups is 1. The van der Waals surface area contributed by atoms with Crippen molar-refractivity contribution in [2.75, 3.05) is 6.54 Å². The predicted octanol–water partition coefficient (Wildman–Crippen LogP) is 4.64. The molecular formula is C22H21NO4S2. The number of thioether (sulfide) groups is 1. The van der Waals surface area contributed by atoms with Crippen LogP contribution in [0.2, 0.25) is 0 Å². The number of carboxylic acids is 1. The first-order valence-electron chi connectivity index (χ1n) is 9.18. The Hall–Kier alpha value is -2.64. The van der Waals surface area contributed by atoms with Gasteiger partial charge in [0, 0.05) is 13.0 Å². The minimum absolute atomic E-state index is 0.0136. The molecule has 0 aliphatic carbocycles. The topological polar surface area (TPSA) is 66.8 Å². The summed E-state index contributed by atoms with van der Waals surface area (Å²) in [6, 6.07) is 15.7. The van der Waals surface area contributed by atoms with Crippen molar-refractivity contribution in [3.05, 3.63) is 70.1 Å². The zero-order valence-corrected chi connectivity index (χ0v) is 17.6. The summed E-state index contributed by atoms with van der Waals surface area (Å²) in [6.07, 6.45) is 2.22. The van der Waals surface area contributed by atoms with Gasteiger partial charge in [-0.25, -0.2) is 0 Å². The number of ether oxygens (including phenoxy) is 1. The summed E-state index contributed by atoms with van der Waals surface area (Å²) < 4.78 is 6.31. The number of aryl methyl sites for hydroxylation is 1. The number of aliphatic carboxylic acids is 1. The van der Waals surface area contributed by atoms with E-state index in [0.717, 1.165) is 22.4 Å². The van der Waals surface area contributed by atoms with Crippen LogP contribution in [0.3, 0.4) is 0 Å². The summed E-state index contributed by atoms with van der Waals surface area (Å²) in [6.45, 7) is 2.78. The molecule has 3 rings (SSSR count). The monoisotopic (exact) mass is 427 g/mol. The second-order valence-electron chi connectivity index (χ2n) is 6.62. The van der Waals surface area contributed by atoms with Crippen LogP contribution in [0.4, 0.5) is 0 Å². The number of carbonyl (C=O) groups is 2. The standard InChI is InChI=1S/C22H21NO4S2/c1-15-12-18(27-14-16-6-3-2-4-7-16)10-9-17(15)13-19-21(26)23(22(28)29-19)11-5-8-20(24)25/h2-4,6-7,9-10,12-13H,5,8,11,14H2,1H3,(H,24,25)/b19-13-. The third-order valence-electron chi connectivity index (χ3n) is 4.42. The van der Waals surface area contributed by atoms with Crippen molar-refractivity contribution < 1.29 is 19.4 Å². The molecule has 1 aliphatic heterocycles. The molecule has 1 N–H and O–H groups in total. The van der Waals surface area contributed by atoms with Crippen molar-refractivity contribution in [3.63, 3.8) is 0 Å². The molecule has 2 aromatic carbocycles. The van der Waals surface area contributed by atoms with Crippen LogP contribution in [-0.2, 0) is 16.2 Å². The Kier molecular flexibility index (Phi) is 7.06. The van der Waals surface area contributed by atoms with Crippen LogP contribution in [0.1, 0.15) is 29.5 Å². The largest absolute Gasteiger partial charge is 0.489 e. The summed E-state index contributed by atoms with van der Waals surface area (Å²) in [5, 5.41) is 8.76. The number of rotatable bonds is 8. The van der Waals surface area contributed by atoms with Gasteiger partial charge in [-0.3, -0.25) is 14.5 Å². The fraction of sp³-hybridized carbons (Fsp3) is 0.227. The maximum absolute atomic E-state index is 12.6. The maximum Gasteiger partial charge on any atom is 0.303 e. The van der Waals surface area contributed by atoms with E-state index in [1.807, 2.05) is 61.5 Å². The molecule has 1 aliphatic rings. The van der Waals surface area contributed by atoms with Gasteiger partial charge in [0.15, 0.2) is 0 Å². The first kappa shape index (κ1) is 21.1. The Balaban J connectivity index is 1.66. The lowest BCUT2D eigenvalue weighted by Gasteiger charge is -2.13. The zero-order valence-electron chi connectivity index (χ0n) is 16.0. The maximum atomic E-state index is 12.6. The number of carbonyl (C=O) groups excluding carboxylic acids is 1. The molecule has 1 fully saturated rings. The Bertz CT molecular complexity index is 957. The smallest absolute Gasteiger partial charge is 0.303 e. The van der Waals surface area contributed by atoms with Crippen molar-refractivity contribution >= 4 is 46.3 Å². The lowest BCUT2D eigenvalue weighted by molar-refractivity contribution is -0.137. The summed E-state index contributed by atoms with van der Waals surface area (Å²) in [4.78, 5) is 25.3. The molecule has 29 heavy (non-hydrogen) atoms. The molecular weight excluding hydrogens is 406 g/mol. The molecule has 0 saturated carbocycles. The van der Waals surface area contributed by atoms with Gasteiger partial charge >= 0.3 is 5.97 Å². The molecule has 2 aromatic rings. The van der Waals surface area contributed by atoms with Gasteiger partial charge in [-0.05, 0) is 48.2 Å². The minimum atomic E-state index is -0.879. The number of nitrogens with zero attached hydrogens (tertiary/aromatic N) is 1. The van der Waals surface area contributed by atoms with Crippen molar-refractivity contribution in [1.29, 1.82) is 0 Å². The van der Waals surface area contributed by atoms with Crippen LogP contribution >= 0.6 is 24.0 Å². The summed E-state index contributed by atoms with van der Waals surface area (Å²) in [7, 11) is 0. The third-order valence-corrected chi connectivity index (χ3v) is 5.80. The predicted molar refractivity (Wildman–Crippen MR) is 119 cm³/mol. The second-order valence-corrected chi connectivity index (χ2v) is 8.30. The molecule has 1 saturated heterocycles. The van der Waals surface area contributed by atoms with E-state index in [1.54, 1.807) is 0 Å². The normalized spacial score (nSPS) is 15.2. The van der Waals surface area contributed by atoms with Crippen molar-refractivity contribution in [2.45, 2.75) is 26.4 Å². The quantitative estimate of drug-likeness (QED) is 0.489. The van der Waals surface area contributed by atoms with Crippen molar-refractivity contribution in [1.82, 2.24) is 4.90 Å². The van der Waals surface area contributed by atoms with E-state index in [4.69, 9.17) is 22.1 Å². The Morgan fingerprint density at radius 3 is 2.69 bits per heavy atom. The lowest BCUT2D eigenvalue weighted by atomic mass is 10.1. The van der Waals surface area contributed by atoms with Crippen LogP contribution in [-0.4, -0.2) is 32.7 Å². The molecule has 1 heterocycles. The lowest BCUT2D eigenvalue weighted by Crippen LogP contribution is -2.29. The molecule has 150 valence electrons. The Morgan fingerprint density at radius 1 is 1.24 bits per heavy atom. The van der Waals surface area contributed by atoms with Crippen LogP contribution in [0.5, 0.6) is 5.75 Å².